The van der Waals surface area contributed by atoms with Crippen molar-refractivity contribution < 1.29 is 22.7 Å². The van der Waals surface area contributed by atoms with Crippen LogP contribution in [0.15, 0.2) is 35.4 Å². The van der Waals surface area contributed by atoms with Gasteiger partial charge in [0.05, 0.1) is 29.0 Å². The van der Waals surface area contributed by atoms with Crippen molar-refractivity contribution in [1.82, 2.24) is 24.6 Å². The van der Waals surface area contributed by atoms with E-state index in [-0.39, 0.29) is 40.0 Å². The Balaban J connectivity index is 1.41. The second-order valence-electron chi connectivity index (χ2n) is 9.28. The van der Waals surface area contributed by atoms with E-state index in [1.807, 2.05) is 7.05 Å². The number of piperidine rings is 1. The maximum atomic E-state index is 15.2. The second-order valence-corrected chi connectivity index (χ2v) is 9.28. The van der Waals surface area contributed by atoms with Gasteiger partial charge in [0.2, 0.25) is 0 Å². The predicted molar refractivity (Wildman–Crippen MR) is 121 cm³/mol. The van der Waals surface area contributed by atoms with Crippen molar-refractivity contribution in [3.05, 3.63) is 40.9 Å². The summed E-state index contributed by atoms with van der Waals surface area (Å²) in [6.45, 7) is -1.48. The highest BCUT2D eigenvalue weighted by Gasteiger charge is 2.47. The molecule has 0 amide bonds. The topological polar surface area (TPSA) is 87.4 Å². The van der Waals surface area contributed by atoms with E-state index < -0.39 is 24.5 Å². The predicted octanol–water partition coefficient (Wildman–Crippen LogP) is 3.13. The Morgan fingerprint density at radius 1 is 1.20 bits per heavy atom. The van der Waals surface area contributed by atoms with E-state index in [0.29, 0.717) is 22.8 Å². The van der Waals surface area contributed by atoms with Crippen molar-refractivity contribution in [1.29, 1.82) is 0 Å². The molecule has 4 atom stereocenters. The molecule has 0 spiro atoms. The van der Waals surface area contributed by atoms with Gasteiger partial charge in [-0.05, 0) is 50.6 Å². The highest BCUT2D eigenvalue weighted by molar-refractivity contribution is 5.86. The number of aromatic hydroxyl groups is 1. The smallest absolute Gasteiger partial charge is 0.406 e. The summed E-state index contributed by atoms with van der Waals surface area (Å²) >= 11 is 0. The van der Waals surface area contributed by atoms with Crippen LogP contribution in [0.1, 0.15) is 19.3 Å². The second kappa shape index (κ2) is 8.43. The molecular formula is C23H24F4N6O2. The summed E-state index contributed by atoms with van der Waals surface area (Å²) in [4.78, 5) is 20.3. The quantitative estimate of drug-likeness (QED) is 0.560. The third-order valence-corrected chi connectivity index (χ3v) is 7.22. The third-order valence-electron chi connectivity index (χ3n) is 7.22. The number of phenols is 1. The maximum absolute atomic E-state index is 15.2. The van der Waals surface area contributed by atoms with Gasteiger partial charge in [-0.2, -0.15) is 13.2 Å². The summed E-state index contributed by atoms with van der Waals surface area (Å²) in [7, 11) is 3.76. The van der Waals surface area contributed by atoms with E-state index in [1.165, 1.54) is 6.07 Å². The maximum Gasteiger partial charge on any atom is 0.406 e. The molecule has 2 aromatic heterocycles. The number of rotatable bonds is 4. The Bertz CT molecular complexity index is 1310. The van der Waals surface area contributed by atoms with Gasteiger partial charge in [-0.1, -0.05) is 0 Å². The summed E-state index contributed by atoms with van der Waals surface area (Å²) < 4.78 is 53.7. The highest BCUT2D eigenvalue weighted by Crippen LogP contribution is 2.39. The Morgan fingerprint density at radius 3 is 2.66 bits per heavy atom. The molecule has 12 heteroatoms. The van der Waals surface area contributed by atoms with Crippen molar-refractivity contribution in [2.75, 3.05) is 19.0 Å². The average Bonchev–Trinajstić information content (AvgIpc) is 3.07. The number of halogens is 4. The average molecular weight is 492 g/mol. The number of hydrogen-bond acceptors (Lipinski definition) is 7. The number of alkyl halides is 4. The lowest BCUT2D eigenvalue weighted by molar-refractivity contribution is -0.141. The number of phenolic OH excluding ortho intramolecular Hbond substituents is 1. The van der Waals surface area contributed by atoms with Crippen molar-refractivity contribution >= 4 is 16.7 Å². The molecule has 0 radical (unpaired) electrons. The van der Waals surface area contributed by atoms with Gasteiger partial charge in [0.15, 0.2) is 5.82 Å². The van der Waals surface area contributed by atoms with Crippen molar-refractivity contribution in [3.63, 3.8) is 0 Å². The SMILES string of the molecule is CN1C2CCC1[C@H](F)[C@H](N(C)c1ccc(-c3cc4ncn(CC(F)(F)F)c(=O)c4cc3O)nn1)C2. The number of aromatic nitrogens is 4. The molecule has 0 saturated carbocycles. The zero-order chi connectivity index (χ0) is 25.1. The molecule has 2 aliphatic rings. The molecule has 2 bridgehead atoms. The van der Waals surface area contributed by atoms with Crippen LogP contribution in [0.25, 0.3) is 22.2 Å². The fourth-order valence-electron chi connectivity index (χ4n) is 5.28. The fourth-order valence-corrected chi connectivity index (χ4v) is 5.28. The highest BCUT2D eigenvalue weighted by atomic mass is 19.4. The van der Waals surface area contributed by atoms with E-state index in [4.69, 9.17) is 0 Å². The molecule has 0 aliphatic carbocycles. The lowest BCUT2D eigenvalue weighted by Gasteiger charge is -2.43. The van der Waals surface area contributed by atoms with Crippen molar-refractivity contribution in [2.24, 2.45) is 0 Å². The van der Waals surface area contributed by atoms with Crippen LogP contribution in [0.2, 0.25) is 0 Å². The molecule has 2 aliphatic heterocycles. The van der Waals surface area contributed by atoms with E-state index in [0.717, 1.165) is 25.2 Å². The summed E-state index contributed by atoms with van der Waals surface area (Å²) in [6, 6.07) is 5.67. The van der Waals surface area contributed by atoms with Gasteiger partial charge in [0.1, 0.15) is 18.5 Å². The zero-order valence-electron chi connectivity index (χ0n) is 19.1. The summed E-state index contributed by atoms with van der Waals surface area (Å²) in [5.41, 5.74) is -0.292. The Kier molecular flexibility index (Phi) is 5.65. The lowest BCUT2D eigenvalue weighted by atomic mass is 9.95. The first-order valence-corrected chi connectivity index (χ1v) is 11.3. The van der Waals surface area contributed by atoms with Crippen molar-refractivity contribution in [2.45, 2.75) is 56.3 Å². The van der Waals surface area contributed by atoms with Crippen LogP contribution in [0, 0.1) is 0 Å². The van der Waals surface area contributed by atoms with Crippen LogP contribution in [0.4, 0.5) is 23.4 Å². The van der Waals surface area contributed by atoms with Gasteiger partial charge >= 0.3 is 6.18 Å². The minimum atomic E-state index is -4.58. The molecule has 2 fully saturated rings. The van der Waals surface area contributed by atoms with E-state index in [2.05, 4.69) is 20.1 Å². The minimum absolute atomic E-state index is 0.101. The first-order valence-electron chi connectivity index (χ1n) is 11.3. The van der Waals surface area contributed by atoms with Crippen LogP contribution >= 0.6 is 0 Å². The van der Waals surface area contributed by atoms with Gasteiger partial charge < -0.3 is 10.0 Å². The van der Waals surface area contributed by atoms with Gasteiger partial charge in [-0.25, -0.2) is 9.37 Å². The number of fused-ring (bicyclic) bond motifs is 3. The monoisotopic (exact) mass is 492 g/mol. The summed E-state index contributed by atoms with van der Waals surface area (Å²) in [5.74, 6) is 0.145. The van der Waals surface area contributed by atoms with E-state index >= 15 is 4.39 Å². The number of benzene rings is 1. The van der Waals surface area contributed by atoms with Crippen LogP contribution in [0.3, 0.4) is 0 Å². The minimum Gasteiger partial charge on any atom is -0.507 e. The normalized spacial score (nSPS) is 24.7. The molecular weight excluding hydrogens is 468 g/mol. The van der Waals surface area contributed by atoms with Crippen LogP contribution < -0.4 is 10.5 Å². The van der Waals surface area contributed by atoms with E-state index in [1.54, 1.807) is 24.1 Å². The van der Waals surface area contributed by atoms with Gasteiger partial charge in [0, 0.05) is 24.7 Å². The Labute approximate surface area is 197 Å². The Morgan fingerprint density at radius 2 is 1.97 bits per heavy atom. The molecule has 35 heavy (non-hydrogen) atoms. The zero-order valence-corrected chi connectivity index (χ0v) is 19.1. The number of hydrogen-bond donors (Lipinski definition) is 1. The summed E-state index contributed by atoms with van der Waals surface area (Å²) in [6.07, 6.45) is -2.26. The van der Waals surface area contributed by atoms with Gasteiger partial charge in [0.25, 0.3) is 5.56 Å². The molecule has 3 aromatic rings. The molecule has 2 saturated heterocycles. The summed E-state index contributed by atoms with van der Waals surface area (Å²) in [5, 5.41) is 18.7. The van der Waals surface area contributed by atoms with Gasteiger partial charge in [-0.15, -0.1) is 10.2 Å². The molecule has 1 aromatic carbocycles. The molecule has 5 rings (SSSR count). The molecule has 1 N–H and O–H groups in total. The molecule has 4 heterocycles. The fraction of sp³-hybridized carbons (Fsp3) is 0.478. The van der Waals surface area contributed by atoms with Crippen molar-refractivity contribution in [3.8, 4) is 17.0 Å². The molecule has 8 nitrogen and oxygen atoms in total. The van der Waals surface area contributed by atoms with Gasteiger partial charge in [-0.3, -0.25) is 14.3 Å². The lowest BCUT2D eigenvalue weighted by Crippen LogP contribution is -2.56. The number of anilines is 1. The van der Waals surface area contributed by atoms with E-state index in [9.17, 15) is 23.1 Å². The number of nitrogens with zero attached hydrogens (tertiary/aromatic N) is 6. The first-order chi connectivity index (χ1) is 16.5. The van der Waals surface area contributed by atoms with Crippen LogP contribution in [-0.2, 0) is 6.54 Å². The molecule has 2 unspecified atom stereocenters. The van der Waals surface area contributed by atoms with Crippen LogP contribution in [-0.4, -0.2) is 74.3 Å². The molecule has 186 valence electrons. The standard InChI is InChI=1S/C23H24F4N6O2/c1-31-12-3-5-17(31)21(24)18(7-12)32(2)20-6-4-15(29-30-20)13-8-16-14(9-19(13)34)22(35)33(11-28-16)10-23(25,26)27/h4,6,8-9,11-12,17-18,21,34H,3,5,7,10H2,1-2H3/t12?,17?,18-,21+/m1/s1. The van der Waals surface area contributed by atoms with Crippen LogP contribution in [0.5, 0.6) is 5.75 Å². The Hall–Kier alpha value is -3.28. The first kappa shape index (κ1) is 23.5. The largest absolute Gasteiger partial charge is 0.507 e. The third kappa shape index (κ3) is 4.19.